The summed E-state index contributed by atoms with van der Waals surface area (Å²) in [6.45, 7) is 0.0946. The van der Waals surface area contributed by atoms with Gasteiger partial charge in [-0.1, -0.05) is 17.4 Å². The second kappa shape index (κ2) is 6.13. The number of anilines is 2. The van der Waals surface area contributed by atoms with Crippen molar-refractivity contribution in [2.45, 2.75) is 12.7 Å². The van der Waals surface area contributed by atoms with Crippen LogP contribution < -0.4 is 10.6 Å². The molecule has 118 valence electrons. The van der Waals surface area contributed by atoms with Gasteiger partial charge in [0.25, 0.3) is 5.69 Å². The number of nitrogens with one attached hydrogen (secondary N) is 2. The highest BCUT2D eigenvalue weighted by Gasteiger charge is 2.35. The summed E-state index contributed by atoms with van der Waals surface area (Å²) in [4.78, 5) is 10.4. The van der Waals surface area contributed by atoms with Crippen LogP contribution >= 0.6 is 11.3 Å². The summed E-state index contributed by atoms with van der Waals surface area (Å²) in [7, 11) is 1.56. The fourth-order valence-corrected chi connectivity index (χ4v) is 2.24. The Morgan fingerprint density at radius 2 is 2.09 bits per heavy atom. The normalized spacial score (nSPS) is 11.3. The molecule has 11 heteroatoms. The molecule has 1 heterocycles. The van der Waals surface area contributed by atoms with E-state index in [1.807, 2.05) is 0 Å². The van der Waals surface area contributed by atoms with Gasteiger partial charge in [-0.25, -0.2) is 0 Å². The van der Waals surface area contributed by atoms with Gasteiger partial charge in [-0.15, -0.1) is 10.2 Å². The molecule has 0 amide bonds. The second-order valence-electron chi connectivity index (χ2n) is 4.12. The Kier molecular flexibility index (Phi) is 4.45. The third kappa shape index (κ3) is 3.61. The van der Waals surface area contributed by atoms with Crippen LogP contribution in [-0.4, -0.2) is 22.2 Å². The standard InChI is InChI=1S/C11H10F3N5O2S/c1-15-7-3-2-6(4-8(7)19(20)21)5-16-10-18-17-9(22-10)11(12,13)14/h2-4,15H,5H2,1H3,(H,16,18). The van der Waals surface area contributed by atoms with E-state index in [2.05, 4.69) is 20.8 Å². The van der Waals surface area contributed by atoms with Crippen molar-refractivity contribution >= 4 is 27.8 Å². The van der Waals surface area contributed by atoms with E-state index >= 15 is 0 Å². The maximum Gasteiger partial charge on any atom is 0.445 e. The monoisotopic (exact) mass is 333 g/mol. The molecule has 0 aliphatic heterocycles. The predicted molar refractivity (Wildman–Crippen MR) is 74.9 cm³/mol. The number of nitro benzene ring substituents is 1. The smallest absolute Gasteiger partial charge is 0.383 e. The topological polar surface area (TPSA) is 93.0 Å². The lowest BCUT2D eigenvalue weighted by Gasteiger charge is -2.06. The van der Waals surface area contributed by atoms with E-state index in [1.165, 1.54) is 12.1 Å². The number of nitrogens with zero attached hydrogens (tertiary/aromatic N) is 3. The summed E-state index contributed by atoms with van der Waals surface area (Å²) in [5.74, 6) is 0. The molecule has 1 aromatic heterocycles. The van der Waals surface area contributed by atoms with Gasteiger partial charge in [0, 0.05) is 19.7 Å². The largest absolute Gasteiger partial charge is 0.445 e. The molecule has 1 aromatic carbocycles. The quantitative estimate of drug-likeness (QED) is 0.645. The molecule has 0 saturated carbocycles. The molecular weight excluding hydrogens is 323 g/mol. The van der Waals surface area contributed by atoms with Gasteiger partial charge < -0.3 is 10.6 Å². The number of nitro groups is 1. The van der Waals surface area contributed by atoms with Gasteiger partial charge in [0.05, 0.1) is 4.92 Å². The van der Waals surface area contributed by atoms with Crippen LogP contribution in [0.5, 0.6) is 0 Å². The van der Waals surface area contributed by atoms with Crippen LogP contribution in [0.1, 0.15) is 10.6 Å². The molecular formula is C11H10F3N5O2S. The summed E-state index contributed by atoms with van der Waals surface area (Å²) < 4.78 is 37.2. The highest BCUT2D eigenvalue weighted by atomic mass is 32.1. The first-order valence-electron chi connectivity index (χ1n) is 5.91. The molecule has 0 radical (unpaired) electrons. The average Bonchev–Trinajstić information content (AvgIpc) is 2.93. The van der Waals surface area contributed by atoms with Crippen molar-refractivity contribution in [2.75, 3.05) is 17.7 Å². The number of hydrogen-bond acceptors (Lipinski definition) is 7. The van der Waals surface area contributed by atoms with Crippen molar-refractivity contribution in [1.29, 1.82) is 0 Å². The van der Waals surface area contributed by atoms with E-state index in [4.69, 9.17) is 0 Å². The number of halogens is 3. The summed E-state index contributed by atoms with van der Waals surface area (Å²) in [5.41, 5.74) is 0.772. The molecule has 0 unspecified atom stereocenters. The minimum atomic E-state index is -4.54. The maximum atomic E-state index is 12.4. The number of rotatable bonds is 5. The van der Waals surface area contributed by atoms with Crippen molar-refractivity contribution < 1.29 is 18.1 Å². The van der Waals surface area contributed by atoms with Crippen LogP contribution in [0.25, 0.3) is 0 Å². The van der Waals surface area contributed by atoms with Crippen LogP contribution in [0.4, 0.5) is 29.7 Å². The summed E-state index contributed by atoms with van der Waals surface area (Å²) in [6.07, 6.45) is -4.54. The number of alkyl halides is 3. The number of aromatic nitrogens is 2. The summed E-state index contributed by atoms with van der Waals surface area (Å²) >= 11 is 0.373. The van der Waals surface area contributed by atoms with E-state index < -0.39 is 16.1 Å². The van der Waals surface area contributed by atoms with E-state index in [0.717, 1.165) is 0 Å². The van der Waals surface area contributed by atoms with Crippen LogP contribution in [0.2, 0.25) is 0 Å². The first-order valence-corrected chi connectivity index (χ1v) is 6.72. The highest BCUT2D eigenvalue weighted by Crippen LogP contribution is 2.33. The van der Waals surface area contributed by atoms with Crippen LogP contribution in [0.3, 0.4) is 0 Å². The highest BCUT2D eigenvalue weighted by molar-refractivity contribution is 7.15. The molecule has 2 aromatic rings. The van der Waals surface area contributed by atoms with E-state index in [9.17, 15) is 23.3 Å². The van der Waals surface area contributed by atoms with Gasteiger partial charge in [-0.3, -0.25) is 10.1 Å². The number of hydrogen-bond donors (Lipinski definition) is 2. The molecule has 0 saturated heterocycles. The maximum absolute atomic E-state index is 12.4. The lowest BCUT2D eigenvalue weighted by molar-refractivity contribution is -0.384. The SMILES string of the molecule is CNc1ccc(CNc2nnc(C(F)(F)F)s2)cc1[N+](=O)[O-]. The average molecular weight is 333 g/mol. The Bertz CT molecular complexity index is 689. The molecule has 0 atom stereocenters. The van der Waals surface area contributed by atoms with E-state index in [1.54, 1.807) is 13.1 Å². The van der Waals surface area contributed by atoms with Crippen molar-refractivity contribution in [2.24, 2.45) is 0 Å². The Morgan fingerprint density at radius 3 is 2.64 bits per heavy atom. The van der Waals surface area contributed by atoms with Crippen LogP contribution in [0.15, 0.2) is 18.2 Å². The number of benzene rings is 1. The zero-order valence-electron chi connectivity index (χ0n) is 11.1. The first kappa shape index (κ1) is 15.9. The Balaban J connectivity index is 2.10. The summed E-state index contributed by atoms with van der Waals surface area (Å²) in [6, 6.07) is 4.48. The minimum Gasteiger partial charge on any atom is -0.383 e. The van der Waals surface area contributed by atoms with Crippen LogP contribution in [-0.2, 0) is 12.7 Å². The zero-order chi connectivity index (χ0) is 16.3. The molecule has 0 bridgehead atoms. The fraction of sp³-hybridized carbons (Fsp3) is 0.273. The predicted octanol–water partition coefficient (Wildman–Crippen LogP) is 3.12. The third-order valence-electron chi connectivity index (χ3n) is 2.64. The van der Waals surface area contributed by atoms with Gasteiger partial charge in [-0.2, -0.15) is 13.2 Å². The Hall–Kier alpha value is -2.43. The first-order chi connectivity index (χ1) is 10.3. The molecule has 22 heavy (non-hydrogen) atoms. The fourth-order valence-electron chi connectivity index (χ4n) is 1.64. The van der Waals surface area contributed by atoms with E-state index in [-0.39, 0.29) is 17.4 Å². The molecule has 0 aliphatic carbocycles. The Labute approximate surface area is 126 Å². The van der Waals surface area contributed by atoms with Gasteiger partial charge in [0.1, 0.15) is 5.69 Å². The van der Waals surface area contributed by atoms with Crippen LogP contribution in [0, 0.1) is 10.1 Å². The molecule has 2 N–H and O–H groups in total. The second-order valence-corrected chi connectivity index (χ2v) is 5.10. The third-order valence-corrected chi connectivity index (χ3v) is 3.57. The molecule has 0 fully saturated rings. The van der Waals surface area contributed by atoms with Gasteiger partial charge in [0.15, 0.2) is 0 Å². The van der Waals surface area contributed by atoms with Crippen molar-refractivity contribution in [1.82, 2.24) is 10.2 Å². The van der Waals surface area contributed by atoms with Gasteiger partial charge >= 0.3 is 6.18 Å². The van der Waals surface area contributed by atoms with E-state index in [0.29, 0.717) is 22.6 Å². The lowest BCUT2D eigenvalue weighted by Crippen LogP contribution is -2.03. The molecule has 0 spiro atoms. The Morgan fingerprint density at radius 1 is 1.36 bits per heavy atom. The molecule has 0 aliphatic rings. The zero-order valence-corrected chi connectivity index (χ0v) is 12.0. The summed E-state index contributed by atoms with van der Waals surface area (Å²) in [5, 5.41) is 21.6. The lowest BCUT2D eigenvalue weighted by atomic mass is 10.1. The van der Waals surface area contributed by atoms with Crippen molar-refractivity contribution in [3.63, 3.8) is 0 Å². The van der Waals surface area contributed by atoms with Crippen molar-refractivity contribution in [3.8, 4) is 0 Å². The van der Waals surface area contributed by atoms with Crippen molar-refractivity contribution in [3.05, 3.63) is 38.9 Å². The molecule has 2 rings (SSSR count). The minimum absolute atomic E-state index is 0.00679. The van der Waals surface area contributed by atoms with Gasteiger partial charge in [0.2, 0.25) is 10.1 Å². The van der Waals surface area contributed by atoms with Gasteiger partial charge in [-0.05, 0) is 11.6 Å². The molecule has 7 nitrogen and oxygen atoms in total.